The van der Waals surface area contributed by atoms with Crippen molar-refractivity contribution in [3.8, 4) is 0 Å². The van der Waals surface area contributed by atoms with Crippen LogP contribution in [0.4, 0.5) is 0 Å². The summed E-state index contributed by atoms with van der Waals surface area (Å²) >= 11 is 5.98. The molecule has 0 radical (unpaired) electrons. The highest BCUT2D eigenvalue weighted by molar-refractivity contribution is 6.30. The second-order valence-electron chi connectivity index (χ2n) is 4.33. The Morgan fingerprint density at radius 2 is 2.13 bits per heavy atom. The Kier molecular flexibility index (Phi) is 3.66. The lowest BCUT2D eigenvalue weighted by atomic mass is 10.1. The molecule has 15 heavy (non-hydrogen) atoms. The second-order valence-corrected chi connectivity index (χ2v) is 4.76. The highest BCUT2D eigenvalue weighted by atomic mass is 35.5. The number of unbranched alkanes of at least 4 members (excludes halogenated alkanes) is 1. The summed E-state index contributed by atoms with van der Waals surface area (Å²) in [6.07, 6.45) is 4.84. The van der Waals surface area contributed by atoms with Gasteiger partial charge in [0.2, 0.25) is 0 Å². The Balaban J connectivity index is 1.91. The molecule has 1 aliphatic carbocycles. The number of halogens is 1. The lowest BCUT2D eigenvalue weighted by Gasteiger charge is -2.10. The molecule has 0 saturated heterocycles. The van der Waals surface area contributed by atoms with Crippen molar-refractivity contribution in [1.29, 1.82) is 0 Å². The number of hydrogen-bond acceptors (Lipinski definition) is 1. The first-order chi connectivity index (χ1) is 7.29. The predicted octanol–water partition coefficient (Wildman–Crippen LogP) is 3.20. The Hall–Kier alpha value is -0.530. The summed E-state index contributed by atoms with van der Waals surface area (Å²) < 4.78 is 0. The van der Waals surface area contributed by atoms with E-state index in [1.807, 2.05) is 6.07 Å². The zero-order chi connectivity index (χ0) is 10.7. The average molecular weight is 224 g/mol. The van der Waals surface area contributed by atoms with Gasteiger partial charge < -0.3 is 5.32 Å². The fourth-order valence-electron chi connectivity index (χ4n) is 2.21. The highest BCUT2D eigenvalue weighted by Gasteiger charge is 2.20. The molecular formula is C13H18ClN. The van der Waals surface area contributed by atoms with Gasteiger partial charge in [0.05, 0.1) is 0 Å². The topological polar surface area (TPSA) is 12.0 Å². The maximum atomic E-state index is 5.98. The summed E-state index contributed by atoms with van der Waals surface area (Å²) in [6.45, 7) is 3.37. The molecule has 2 rings (SSSR count). The zero-order valence-corrected chi connectivity index (χ0v) is 9.98. The SMILES string of the molecule is CCCCNC1Cc2ccc(Cl)cc2C1. The van der Waals surface area contributed by atoms with Crippen molar-refractivity contribution in [2.75, 3.05) is 6.54 Å². The van der Waals surface area contributed by atoms with Gasteiger partial charge in [-0.25, -0.2) is 0 Å². The van der Waals surface area contributed by atoms with E-state index in [9.17, 15) is 0 Å². The van der Waals surface area contributed by atoms with Crippen LogP contribution in [0.15, 0.2) is 18.2 Å². The first-order valence-electron chi connectivity index (χ1n) is 5.80. The summed E-state index contributed by atoms with van der Waals surface area (Å²) in [4.78, 5) is 0. The molecule has 1 N–H and O–H groups in total. The third-order valence-corrected chi connectivity index (χ3v) is 3.30. The van der Waals surface area contributed by atoms with E-state index >= 15 is 0 Å². The monoisotopic (exact) mass is 223 g/mol. The molecule has 82 valence electrons. The van der Waals surface area contributed by atoms with Crippen molar-refractivity contribution in [3.63, 3.8) is 0 Å². The minimum Gasteiger partial charge on any atom is -0.313 e. The highest BCUT2D eigenvalue weighted by Crippen LogP contribution is 2.25. The Morgan fingerprint density at radius 1 is 1.33 bits per heavy atom. The molecule has 0 fully saturated rings. The molecule has 1 atom stereocenters. The van der Waals surface area contributed by atoms with Crippen molar-refractivity contribution in [2.45, 2.75) is 38.6 Å². The molecule has 1 aliphatic rings. The maximum absolute atomic E-state index is 5.98. The van der Waals surface area contributed by atoms with Gasteiger partial charge in [-0.15, -0.1) is 0 Å². The van der Waals surface area contributed by atoms with Crippen LogP contribution in [0.1, 0.15) is 30.9 Å². The fraction of sp³-hybridized carbons (Fsp3) is 0.538. The van der Waals surface area contributed by atoms with E-state index in [0.29, 0.717) is 6.04 Å². The molecule has 0 aromatic heterocycles. The lowest BCUT2D eigenvalue weighted by Crippen LogP contribution is -2.30. The van der Waals surface area contributed by atoms with Crippen molar-refractivity contribution in [1.82, 2.24) is 5.32 Å². The van der Waals surface area contributed by atoms with E-state index in [2.05, 4.69) is 24.4 Å². The summed E-state index contributed by atoms with van der Waals surface area (Å²) in [5.41, 5.74) is 2.89. The minimum atomic E-state index is 0.630. The number of benzene rings is 1. The van der Waals surface area contributed by atoms with Crippen molar-refractivity contribution >= 4 is 11.6 Å². The smallest absolute Gasteiger partial charge is 0.0408 e. The molecule has 0 spiro atoms. The van der Waals surface area contributed by atoms with Crippen LogP contribution in [0.3, 0.4) is 0 Å². The molecule has 0 heterocycles. The summed E-state index contributed by atoms with van der Waals surface area (Å²) in [6, 6.07) is 6.90. The van der Waals surface area contributed by atoms with Crippen LogP contribution in [-0.4, -0.2) is 12.6 Å². The molecule has 0 aliphatic heterocycles. The standard InChI is InChI=1S/C13H18ClN/c1-2-3-6-15-13-8-10-4-5-12(14)7-11(10)9-13/h4-5,7,13,15H,2-3,6,8-9H2,1H3. The van der Waals surface area contributed by atoms with Gasteiger partial charge in [-0.3, -0.25) is 0 Å². The van der Waals surface area contributed by atoms with Gasteiger partial charge in [0.25, 0.3) is 0 Å². The van der Waals surface area contributed by atoms with Gasteiger partial charge in [0.15, 0.2) is 0 Å². The maximum Gasteiger partial charge on any atom is 0.0408 e. The number of rotatable bonds is 4. The molecule has 0 amide bonds. The minimum absolute atomic E-state index is 0.630. The second kappa shape index (κ2) is 5.00. The Labute approximate surface area is 96.8 Å². The van der Waals surface area contributed by atoms with Crippen LogP contribution >= 0.6 is 11.6 Å². The summed E-state index contributed by atoms with van der Waals surface area (Å²) in [5, 5.41) is 4.47. The summed E-state index contributed by atoms with van der Waals surface area (Å²) in [5.74, 6) is 0. The first-order valence-corrected chi connectivity index (χ1v) is 6.18. The van der Waals surface area contributed by atoms with E-state index < -0.39 is 0 Å². The normalized spacial score (nSPS) is 19.2. The first kappa shape index (κ1) is 11.0. The van der Waals surface area contributed by atoms with Gasteiger partial charge in [-0.2, -0.15) is 0 Å². The fourth-order valence-corrected chi connectivity index (χ4v) is 2.41. The van der Waals surface area contributed by atoms with E-state index in [1.54, 1.807) is 0 Å². The van der Waals surface area contributed by atoms with Gasteiger partial charge in [-0.05, 0) is 49.1 Å². The van der Waals surface area contributed by atoms with E-state index in [1.165, 1.54) is 24.0 Å². The number of fused-ring (bicyclic) bond motifs is 1. The van der Waals surface area contributed by atoms with Gasteiger partial charge in [0.1, 0.15) is 0 Å². The van der Waals surface area contributed by atoms with E-state index in [0.717, 1.165) is 24.4 Å². The molecule has 1 nitrogen and oxygen atoms in total. The molecule has 0 bridgehead atoms. The third kappa shape index (κ3) is 2.73. The molecule has 2 heteroatoms. The number of nitrogens with one attached hydrogen (secondary N) is 1. The third-order valence-electron chi connectivity index (χ3n) is 3.06. The Bertz CT molecular complexity index is 335. The van der Waals surface area contributed by atoms with Crippen LogP contribution in [0, 0.1) is 0 Å². The quantitative estimate of drug-likeness (QED) is 0.774. The largest absolute Gasteiger partial charge is 0.313 e. The number of hydrogen-bond donors (Lipinski definition) is 1. The molecule has 1 aromatic rings. The van der Waals surface area contributed by atoms with E-state index in [4.69, 9.17) is 11.6 Å². The van der Waals surface area contributed by atoms with Crippen molar-refractivity contribution < 1.29 is 0 Å². The molecule has 1 aromatic carbocycles. The van der Waals surface area contributed by atoms with Gasteiger partial charge in [-0.1, -0.05) is 31.0 Å². The molecule has 1 unspecified atom stereocenters. The van der Waals surface area contributed by atoms with Crippen molar-refractivity contribution in [2.24, 2.45) is 0 Å². The lowest BCUT2D eigenvalue weighted by molar-refractivity contribution is 0.520. The van der Waals surface area contributed by atoms with Crippen LogP contribution in [0.5, 0.6) is 0 Å². The Morgan fingerprint density at radius 3 is 2.93 bits per heavy atom. The summed E-state index contributed by atoms with van der Waals surface area (Å²) in [7, 11) is 0. The van der Waals surface area contributed by atoms with Gasteiger partial charge >= 0.3 is 0 Å². The van der Waals surface area contributed by atoms with Gasteiger partial charge in [0, 0.05) is 11.1 Å². The van der Waals surface area contributed by atoms with Crippen LogP contribution in [0.25, 0.3) is 0 Å². The van der Waals surface area contributed by atoms with Crippen LogP contribution in [0.2, 0.25) is 5.02 Å². The van der Waals surface area contributed by atoms with Crippen LogP contribution < -0.4 is 5.32 Å². The molecule has 0 saturated carbocycles. The molecular weight excluding hydrogens is 206 g/mol. The van der Waals surface area contributed by atoms with Crippen molar-refractivity contribution in [3.05, 3.63) is 34.3 Å². The zero-order valence-electron chi connectivity index (χ0n) is 9.22. The average Bonchev–Trinajstić information content (AvgIpc) is 2.60. The van der Waals surface area contributed by atoms with E-state index in [-0.39, 0.29) is 0 Å². The predicted molar refractivity (Wildman–Crippen MR) is 65.6 cm³/mol. The van der Waals surface area contributed by atoms with Crippen LogP contribution in [-0.2, 0) is 12.8 Å².